The van der Waals surface area contributed by atoms with Gasteiger partial charge in [0.05, 0.1) is 10.6 Å². The van der Waals surface area contributed by atoms with Crippen LogP contribution in [0.3, 0.4) is 0 Å². The van der Waals surface area contributed by atoms with Crippen LogP contribution in [0.15, 0.2) is 83.8 Å². The van der Waals surface area contributed by atoms with E-state index in [0.717, 1.165) is 17.7 Å². The Bertz CT molecular complexity index is 1160. The molecule has 0 unspecified atom stereocenters. The lowest BCUT2D eigenvalue weighted by atomic mass is 10.1. The number of amides is 1. The zero-order valence-electron chi connectivity index (χ0n) is 16.3. The van der Waals surface area contributed by atoms with E-state index < -0.39 is 10.0 Å². The summed E-state index contributed by atoms with van der Waals surface area (Å²) < 4.78 is 27.0. The predicted molar refractivity (Wildman–Crippen MR) is 115 cm³/mol. The van der Waals surface area contributed by atoms with Crippen molar-refractivity contribution in [1.29, 1.82) is 0 Å². The van der Waals surface area contributed by atoms with Gasteiger partial charge in [0.1, 0.15) is 0 Å². The lowest BCUT2D eigenvalue weighted by Crippen LogP contribution is -2.36. The first kappa shape index (κ1) is 19.2. The maximum absolute atomic E-state index is 13.3. The van der Waals surface area contributed by atoms with E-state index in [1.165, 1.54) is 11.4 Å². The molecular formula is C23H22N2O3S. The molecule has 1 aliphatic rings. The third kappa shape index (κ3) is 3.40. The molecule has 0 fully saturated rings. The zero-order valence-corrected chi connectivity index (χ0v) is 17.1. The summed E-state index contributed by atoms with van der Waals surface area (Å²) in [4.78, 5) is 15.3. The molecule has 0 bridgehead atoms. The Morgan fingerprint density at radius 3 is 2.41 bits per heavy atom. The predicted octanol–water partition coefficient (Wildman–Crippen LogP) is 4.10. The molecule has 4 rings (SSSR count). The van der Waals surface area contributed by atoms with Crippen molar-refractivity contribution in [2.24, 2.45) is 0 Å². The Labute approximate surface area is 171 Å². The third-order valence-electron chi connectivity index (χ3n) is 5.28. The lowest BCUT2D eigenvalue weighted by molar-refractivity contribution is 0.0981. The smallest absolute Gasteiger partial charge is 0.264 e. The van der Waals surface area contributed by atoms with Gasteiger partial charge < -0.3 is 4.90 Å². The fourth-order valence-electron chi connectivity index (χ4n) is 3.74. The molecule has 6 heteroatoms. The second-order valence-electron chi connectivity index (χ2n) is 7.19. The summed E-state index contributed by atoms with van der Waals surface area (Å²) in [7, 11) is -2.20. The summed E-state index contributed by atoms with van der Waals surface area (Å²) in [6.45, 7) is 2.02. The molecule has 3 aromatic rings. The minimum Gasteiger partial charge on any atom is -0.305 e. The van der Waals surface area contributed by atoms with Crippen LogP contribution in [0.25, 0.3) is 0 Å². The van der Waals surface area contributed by atoms with E-state index in [4.69, 9.17) is 0 Å². The molecule has 148 valence electrons. The number of hydrogen-bond acceptors (Lipinski definition) is 3. The maximum atomic E-state index is 13.3. The first-order chi connectivity index (χ1) is 13.9. The van der Waals surface area contributed by atoms with Crippen LogP contribution in [0, 0.1) is 0 Å². The van der Waals surface area contributed by atoms with Gasteiger partial charge in [-0.3, -0.25) is 9.10 Å². The lowest BCUT2D eigenvalue weighted by Gasteiger charge is -2.24. The summed E-state index contributed by atoms with van der Waals surface area (Å²) >= 11 is 0. The zero-order chi connectivity index (χ0) is 20.6. The Balaban J connectivity index is 1.67. The van der Waals surface area contributed by atoms with Crippen molar-refractivity contribution in [3.8, 4) is 0 Å². The normalized spacial score (nSPS) is 15.8. The molecule has 3 aromatic carbocycles. The van der Waals surface area contributed by atoms with Gasteiger partial charge >= 0.3 is 0 Å². The van der Waals surface area contributed by atoms with Crippen molar-refractivity contribution < 1.29 is 13.2 Å². The van der Waals surface area contributed by atoms with Gasteiger partial charge in [-0.1, -0.05) is 42.5 Å². The van der Waals surface area contributed by atoms with Gasteiger partial charge in [0.25, 0.3) is 15.9 Å². The van der Waals surface area contributed by atoms with Crippen LogP contribution in [-0.4, -0.2) is 27.4 Å². The molecule has 0 saturated heterocycles. The number of fused-ring (bicyclic) bond motifs is 1. The van der Waals surface area contributed by atoms with E-state index in [2.05, 4.69) is 0 Å². The van der Waals surface area contributed by atoms with Crippen molar-refractivity contribution in [3.05, 3.63) is 90.0 Å². The Hall–Kier alpha value is -3.12. The topological polar surface area (TPSA) is 57.7 Å². The van der Waals surface area contributed by atoms with E-state index in [9.17, 15) is 13.2 Å². The van der Waals surface area contributed by atoms with E-state index in [1.807, 2.05) is 31.2 Å². The highest BCUT2D eigenvalue weighted by molar-refractivity contribution is 7.92. The molecule has 5 nitrogen and oxygen atoms in total. The molecule has 1 aliphatic heterocycles. The average Bonchev–Trinajstić information content (AvgIpc) is 3.09. The van der Waals surface area contributed by atoms with Crippen LogP contribution in [0.5, 0.6) is 0 Å². The van der Waals surface area contributed by atoms with E-state index >= 15 is 0 Å². The molecule has 0 saturated carbocycles. The Morgan fingerprint density at radius 2 is 1.66 bits per heavy atom. The highest BCUT2D eigenvalue weighted by Crippen LogP contribution is 2.33. The van der Waals surface area contributed by atoms with Crippen molar-refractivity contribution >= 4 is 27.3 Å². The van der Waals surface area contributed by atoms with Crippen molar-refractivity contribution in [2.75, 3.05) is 16.3 Å². The van der Waals surface area contributed by atoms with Gasteiger partial charge in [-0.05, 0) is 55.3 Å². The van der Waals surface area contributed by atoms with Crippen LogP contribution in [0.4, 0.5) is 11.4 Å². The standard InChI is InChI=1S/C23H22N2O3S/c1-17-15-18-9-6-7-14-22(18)25(17)23(26)19-10-8-11-20(16-19)24(2)29(27,28)21-12-4-3-5-13-21/h3-14,16-17H,15H2,1-2H3/t17-/m0/s1. The largest absolute Gasteiger partial charge is 0.305 e. The van der Waals surface area contributed by atoms with Crippen molar-refractivity contribution in [3.63, 3.8) is 0 Å². The molecule has 0 aliphatic carbocycles. The minimum atomic E-state index is -3.70. The summed E-state index contributed by atoms with van der Waals surface area (Å²) in [6, 6.07) is 23.0. The van der Waals surface area contributed by atoms with Crippen LogP contribution < -0.4 is 9.21 Å². The third-order valence-corrected chi connectivity index (χ3v) is 7.08. The number of carbonyl (C=O) groups is 1. The van der Waals surface area contributed by atoms with E-state index in [0.29, 0.717) is 11.3 Å². The molecular weight excluding hydrogens is 384 g/mol. The fourth-order valence-corrected chi connectivity index (χ4v) is 4.95. The van der Waals surface area contributed by atoms with Crippen LogP contribution >= 0.6 is 0 Å². The second kappa shape index (κ2) is 7.37. The molecule has 1 atom stereocenters. The van der Waals surface area contributed by atoms with Crippen LogP contribution in [0.2, 0.25) is 0 Å². The molecule has 0 N–H and O–H groups in total. The molecule has 1 amide bonds. The molecule has 0 spiro atoms. The molecule has 1 heterocycles. The molecule has 0 radical (unpaired) electrons. The quantitative estimate of drug-likeness (QED) is 0.655. The number of nitrogens with zero attached hydrogens (tertiary/aromatic N) is 2. The van der Waals surface area contributed by atoms with Crippen molar-refractivity contribution in [2.45, 2.75) is 24.3 Å². The summed E-state index contributed by atoms with van der Waals surface area (Å²) in [6.07, 6.45) is 0.809. The molecule has 0 aromatic heterocycles. The van der Waals surface area contributed by atoms with Gasteiger partial charge in [-0.25, -0.2) is 8.42 Å². The molecule has 29 heavy (non-hydrogen) atoms. The summed E-state index contributed by atoms with van der Waals surface area (Å²) in [5.41, 5.74) is 2.97. The monoisotopic (exact) mass is 406 g/mol. The number of anilines is 2. The number of hydrogen-bond donors (Lipinski definition) is 0. The number of sulfonamides is 1. The number of carbonyl (C=O) groups excluding carboxylic acids is 1. The summed E-state index contributed by atoms with van der Waals surface area (Å²) in [5, 5.41) is 0. The highest BCUT2D eigenvalue weighted by Gasteiger charge is 2.31. The van der Waals surface area contributed by atoms with Gasteiger partial charge in [-0.15, -0.1) is 0 Å². The van der Waals surface area contributed by atoms with Gasteiger partial charge in [-0.2, -0.15) is 0 Å². The van der Waals surface area contributed by atoms with Crippen molar-refractivity contribution in [1.82, 2.24) is 0 Å². The Morgan fingerprint density at radius 1 is 0.966 bits per heavy atom. The fraction of sp³-hybridized carbons (Fsp3) is 0.174. The second-order valence-corrected chi connectivity index (χ2v) is 9.16. The van der Waals surface area contributed by atoms with Gasteiger partial charge in [0.15, 0.2) is 0 Å². The first-order valence-electron chi connectivity index (χ1n) is 9.45. The van der Waals surface area contributed by atoms with Crippen LogP contribution in [-0.2, 0) is 16.4 Å². The van der Waals surface area contributed by atoms with Gasteiger partial charge in [0.2, 0.25) is 0 Å². The van der Waals surface area contributed by atoms with E-state index in [1.54, 1.807) is 59.5 Å². The van der Waals surface area contributed by atoms with Gasteiger partial charge in [0, 0.05) is 24.3 Å². The number of para-hydroxylation sites is 1. The first-order valence-corrected chi connectivity index (χ1v) is 10.9. The summed E-state index contributed by atoms with van der Waals surface area (Å²) in [5.74, 6) is -0.130. The Kier molecular flexibility index (Phi) is 4.88. The average molecular weight is 407 g/mol. The maximum Gasteiger partial charge on any atom is 0.264 e. The van der Waals surface area contributed by atoms with Crippen LogP contribution in [0.1, 0.15) is 22.8 Å². The SMILES string of the molecule is C[C@H]1Cc2ccccc2N1C(=O)c1cccc(N(C)S(=O)(=O)c2ccccc2)c1. The highest BCUT2D eigenvalue weighted by atomic mass is 32.2. The van der Waals surface area contributed by atoms with E-state index in [-0.39, 0.29) is 16.8 Å². The number of benzene rings is 3. The number of rotatable bonds is 4. The minimum absolute atomic E-state index is 0.0503.